The van der Waals surface area contributed by atoms with Crippen LogP contribution in [0.15, 0.2) is 0 Å². The first kappa shape index (κ1) is 12.6. The second kappa shape index (κ2) is 5.05. The average Bonchev–Trinajstić information content (AvgIpc) is 2.93. The van der Waals surface area contributed by atoms with E-state index in [2.05, 4.69) is 4.72 Å². The van der Waals surface area contributed by atoms with Gasteiger partial charge in [0.25, 0.3) is 0 Å². The third-order valence-electron chi connectivity index (χ3n) is 2.40. The second-order valence-electron chi connectivity index (χ2n) is 3.57. The van der Waals surface area contributed by atoms with Gasteiger partial charge in [0.15, 0.2) is 0 Å². The lowest BCUT2D eigenvalue weighted by Crippen LogP contribution is -2.33. The molecule has 0 saturated heterocycles. The van der Waals surface area contributed by atoms with Gasteiger partial charge in [-0.15, -0.1) is 11.6 Å². The zero-order valence-corrected chi connectivity index (χ0v) is 10.6. The van der Waals surface area contributed by atoms with E-state index in [0.29, 0.717) is 18.8 Å². The topological polar surface area (TPSA) is 46.2 Å². The highest BCUT2D eigenvalue weighted by molar-refractivity contribution is 8.00. The van der Waals surface area contributed by atoms with Crippen LogP contribution in [0.3, 0.4) is 0 Å². The Hall–Kier alpha value is 0.550. The van der Waals surface area contributed by atoms with Crippen LogP contribution in [0, 0.1) is 0 Å². The molecule has 0 heterocycles. The number of sulfonamides is 1. The number of nitrogens with one attached hydrogen (secondary N) is 1. The molecule has 14 heavy (non-hydrogen) atoms. The molecule has 1 N–H and O–H groups in total. The Balaban J connectivity index is 2.29. The summed E-state index contributed by atoms with van der Waals surface area (Å²) in [6.45, 7) is 0.568. The molecule has 0 aromatic rings. The van der Waals surface area contributed by atoms with E-state index in [-0.39, 0.29) is 10.5 Å². The predicted molar refractivity (Wildman–Crippen MR) is 62.6 cm³/mol. The summed E-state index contributed by atoms with van der Waals surface area (Å²) < 4.78 is 25.6. The fourth-order valence-electron chi connectivity index (χ4n) is 1.15. The molecular weight excluding hydrogens is 242 g/mol. The van der Waals surface area contributed by atoms with Crippen LogP contribution in [-0.2, 0) is 10.0 Å². The Morgan fingerprint density at radius 2 is 2.14 bits per heavy atom. The van der Waals surface area contributed by atoms with Gasteiger partial charge in [-0.2, -0.15) is 11.8 Å². The number of rotatable bonds is 7. The van der Waals surface area contributed by atoms with E-state index in [0.717, 1.165) is 12.8 Å². The molecule has 0 amide bonds. The largest absolute Gasteiger partial charge is 0.214 e. The molecule has 6 heteroatoms. The second-order valence-corrected chi connectivity index (χ2v) is 7.15. The van der Waals surface area contributed by atoms with Crippen molar-refractivity contribution in [3.8, 4) is 0 Å². The Labute approximate surface area is 95.0 Å². The number of halogens is 1. The van der Waals surface area contributed by atoms with Gasteiger partial charge in [0.05, 0.1) is 5.75 Å². The molecule has 1 aliphatic carbocycles. The van der Waals surface area contributed by atoms with Gasteiger partial charge in [0.2, 0.25) is 10.0 Å². The molecule has 0 aromatic carbocycles. The van der Waals surface area contributed by atoms with Crippen LogP contribution in [0.2, 0.25) is 0 Å². The van der Waals surface area contributed by atoms with E-state index in [1.54, 1.807) is 11.8 Å². The molecule has 0 aliphatic heterocycles. The third kappa shape index (κ3) is 3.96. The molecule has 0 bridgehead atoms. The standard InChI is InChI=1S/C8H16ClNO2S2/c1-13-8(3-4-8)7-10-14(11,12)6-2-5-9/h10H,2-7H2,1H3. The van der Waals surface area contributed by atoms with E-state index in [1.165, 1.54) is 0 Å². The Morgan fingerprint density at radius 1 is 1.50 bits per heavy atom. The third-order valence-corrected chi connectivity index (χ3v) is 5.50. The van der Waals surface area contributed by atoms with Gasteiger partial charge >= 0.3 is 0 Å². The molecule has 0 aromatic heterocycles. The molecular formula is C8H16ClNO2S2. The minimum atomic E-state index is -3.09. The van der Waals surface area contributed by atoms with Crippen molar-refractivity contribution in [2.45, 2.75) is 24.0 Å². The number of hydrogen-bond donors (Lipinski definition) is 1. The van der Waals surface area contributed by atoms with E-state index in [1.807, 2.05) is 6.26 Å². The maximum atomic E-state index is 11.4. The first-order valence-electron chi connectivity index (χ1n) is 4.62. The van der Waals surface area contributed by atoms with Crippen LogP contribution < -0.4 is 4.72 Å². The first-order valence-corrected chi connectivity index (χ1v) is 8.03. The van der Waals surface area contributed by atoms with Gasteiger partial charge in [0.1, 0.15) is 0 Å². The van der Waals surface area contributed by atoms with Gasteiger partial charge in [-0.3, -0.25) is 0 Å². The molecule has 0 radical (unpaired) electrons. The zero-order chi connectivity index (χ0) is 10.7. The van der Waals surface area contributed by atoms with Crippen LogP contribution >= 0.6 is 23.4 Å². The van der Waals surface area contributed by atoms with Crippen molar-refractivity contribution in [2.24, 2.45) is 0 Å². The predicted octanol–water partition coefficient (Wildman–Crippen LogP) is 1.43. The lowest BCUT2D eigenvalue weighted by molar-refractivity contribution is 0.578. The lowest BCUT2D eigenvalue weighted by Gasteiger charge is -2.12. The van der Waals surface area contributed by atoms with Crippen LogP contribution in [0.1, 0.15) is 19.3 Å². The molecule has 0 atom stereocenters. The molecule has 84 valence electrons. The van der Waals surface area contributed by atoms with Crippen molar-refractivity contribution >= 4 is 33.4 Å². The maximum absolute atomic E-state index is 11.4. The van der Waals surface area contributed by atoms with Crippen LogP contribution in [-0.4, -0.2) is 37.6 Å². The maximum Gasteiger partial charge on any atom is 0.211 e. The van der Waals surface area contributed by atoms with Crippen LogP contribution in [0.5, 0.6) is 0 Å². The molecule has 0 spiro atoms. The van der Waals surface area contributed by atoms with E-state index in [4.69, 9.17) is 11.6 Å². The monoisotopic (exact) mass is 257 g/mol. The minimum Gasteiger partial charge on any atom is -0.214 e. The van der Waals surface area contributed by atoms with Gasteiger partial charge in [-0.25, -0.2) is 13.1 Å². The molecule has 3 nitrogen and oxygen atoms in total. The summed E-state index contributed by atoms with van der Waals surface area (Å²) in [7, 11) is -3.09. The molecule has 1 aliphatic rings. The van der Waals surface area contributed by atoms with Crippen molar-refractivity contribution in [1.82, 2.24) is 4.72 Å². The Morgan fingerprint density at radius 3 is 2.57 bits per heavy atom. The van der Waals surface area contributed by atoms with Gasteiger partial charge in [0, 0.05) is 17.2 Å². The van der Waals surface area contributed by atoms with E-state index in [9.17, 15) is 8.42 Å². The van der Waals surface area contributed by atoms with Crippen molar-refractivity contribution in [3.63, 3.8) is 0 Å². The molecule has 1 fully saturated rings. The minimum absolute atomic E-state index is 0.140. The van der Waals surface area contributed by atoms with Crippen molar-refractivity contribution in [1.29, 1.82) is 0 Å². The summed E-state index contributed by atoms with van der Waals surface area (Å²) in [5.74, 6) is 0.537. The molecule has 1 saturated carbocycles. The number of alkyl halides is 1. The summed E-state index contributed by atoms with van der Waals surface area (Å²) in [5, 5.41) is 0. The Kier molecular flexibility index (Phi) is 4.56. The van der Waals surface area contributed by atoms with Gasteiger partial charge < -0.3 is 0 Å². The molecule has 1 rings (SSSR count). The van der Waals surface area contributed by atoms with E-state index < -0.39 is 10.0 Å². The van der Waals surface area contributed by atoms with Gasteiger partial charge in [-0.05, 0) is 25.5 Å². The number of hydrogen-bond acceptors (Lipinski definition) is 3. The number of thioether (sulfide) groups is 1. The fourth-order valence-corrected chi connectivity index (χ4v) is 3.43. The summed E-state index contributed by atoms with van der Waals surface area (Å²) in [6, 6.07) is 0. The lowest BCUT2D eigenvalue weighted by atomic mass is 10.4. The normalized spacial score (nSPS) is 19.6. The van der Waals surface area contributed by atoms with E-state index >= 15 is 0 Å². The summed E-state index contributed by atoms with van der Waals surface area (Å²) in [4.78, 5) is 0. The van der Waals surface area contributed by atoms with Crippen molar-refractivity contribution in [3.05, 3.63) is 0 Å². The highest BCUT2D eigenvalue weighted by Gasteiger charge is 2.42. The summed E-state index contributed by atoms with van der Waals surface area (Å²) in [5.41, 5.74) is 0. The zero-order valence-electron chi connectivity index (χ0n) is 8.25. The smallest absolute Gasteiger partial charge is 0.211 e. The van der Waals surface area contributed by atoms with Crippen molar-refractivity contribution in [2.75, 3.05) is 24.4 Å². The van der Waals surface area contributed by atoms with Gasteiger partial charge in [-0.1, -0.05) is 0 Å². The SMILES string of the molecule is CSC1(CNS(=O)(=O)CCCCl)CC1. The Bertz CT molecular complexity index is 275. The highest BCUT2D eigenvalue weighted by atomic mass is 35.5. The van der Waals surface area contributed by atoms with Crippen molar-refractivity contribution < 1.29 is 8.42 Å². The quantitative estimate of drug-likeness (QED) is 0.702. The summed E-state index contributed by atoms with van der Waals surface area (Å²) >= 11 is 7.19. The molecule has 0 unspecified atom stereocenters. The van der Waals surface area contributed by atoms with Crippen LogP contribution in [0.4, 0.5) is 0 Å². The average molecular weight is 258 g/mol. The fraction of sp³-hybridized carbons (Fsp3) is 1.00. The van der Waals surface area contributed by atoms with Crippen LogP contribution in [0.25, 0.3) is 0 Å². The first-order chi connectivity index (χ1) is 6.54. The highest BCUT2D eigenvalue weighted by Crippen LogP contribution is 2.46. The summed E-state index contributed by atoms with van der Waals surface area (Å²) in [6.07, 6.45) is 4.78.